The molecule has 1 aliphatic rings. The van der Waals surface area contributed by atoms with E-state index in [9.17, 15) is 27.2 Å². The number of nitrogens with one attached hydrogen (secondary N) is 1. The fourth-order valence-electron chi connectivity index (χ4n) is 3.23. The lowest BCUT2D eigenvalue weighted by Gasteiger charge is -2.26. The van der Waals surface area contributed by atoms with E-state index in [1.54, 1.807) is 13.0 Å². The van der Waals surface area contributed by atoms with Crippen LogP contribution in [0.5, 0.6) is 0 Å². The molecule has 2 aromatic rings. The number of rotatable bonds is 9. The van der Waals surface area contributed by atoms with Crippen LogP contribution in [0.15, 0.2) is 47.4 Å². The average molecular weight is 493 g/mol. The highest BCUT2D eigenvalue weighted by Crippen LogP contribution is 2.23. The highest BCUT2D eigenvalue weighted by atomic mass is 32.2. The summed E-state index contributed by atoms with van der Waals surface area (Å²) in [6, 6.07) is 9.36. The van der Waals surface area contributed by atoms with Crippen LogP contribution < -0.4 is 5.32 Å². The summed E-state index contributed by atoms with van der Waals surface area (Å²) < 4.78 is 50.0. The number of benzene rings is 2. The second-order valence-corrected chi connectivity index (χ2v) is 9.57. The van der Waals surface area contributed by atoms with Gasteiger partial charge in [0.05, 0.1) is 24.5 Å². The number of ether oxygens (including phenoxy) is 2. The molecule has 0 spiro atoms. The first-order valence-electron chi connectivity index (χ1n) is 10.6. The maximum atomic E-state index is 12.9. The quantitative estimate of drug-likeness (QED) is 0.421. The summed E-state index contributed by atoms with van der Waals surface area (Å²) in [5, 5.41) is 2.55. The summed E-state index contributed by atoms with van der Waals surface area (Å²) in [4.78, 5) is 36.2. The third-order valence-corrected chi connectivity index (χ3v) is 7.07. The number of hydrogen-bond donors (Lipinski definition) is 1. The Balaban J connectivity index is 1.52. The van der Waals surface area contributed by atoms with Gasteiger partial charge in [0, 0.05) is 30.8 Å². The van der Waals surface area contributed by atoms with Gasteiger partial charge in [0.15, 0.2) is 12.4 Å². The largest absolute Gasteiger partial charge is 0.456 e. The van der Waals surface area contributed by atoms with E-state index in [0.717, 1.165) is 12.1 Å². The van der Waals surface area contributed by atoms with Crippen molar-refractivity contribution in [3.8, 4) is 0 Å². The number of nitrogens with zero attached hydrogens (tertiary/aromatic N) is 1. The lowest BCUT2D eigenvalue weighted by molar-refractivity contribution is -0.147. The number of morpholine rings is 1. The number of hydrogen-bond acceptors (Lipinski definition) is 7. The highest BCUT2D eigenvalue weighted by molar-refractivity contribution is 7.89. The third-order valence-electron chi connectivity index (χ3n) is 5.18. The van der Waals surface area contributed by atoms with Crippen molar-refractivity contribution in [2.24, 2.45) is 0 Å². The summed E-state index contributed by atoms with van der Waals surface area (Å²) in [6.07, 6.45) is -0.386. The summed E-state index contributed by atoms with van der Waals surface area (Å²) in [5.74, 6) is -2.22. The molecule has 1 aliphatic heterocycles. The number of esters is 1. The number of Topliss-reactive ketones (excluding diaryl/α,β-unsaturated/α-hetero) is 1. The van der Waals surface area contributed by atoms with Gasteiger partial charge in [-0.2, -0.15) is 4.31 Å². The second-order valence-electron chi connectivity index (χ2n) is 7.63. The van der Waals surface area contributed by atoms with Gasteiger partial charge in [0.25, 0.3) is 5.91 Å². The lowest BCUT2D eigenvalue weighted by atomic mass is 10.1. The monoisotopic (exact) mass is 492 g/mol. The molecule has 1 heterocycles. The van der Waals surface area contributed by atoms with Gasteiger partial charge >= 0.3 is 5.97 Å². The number of ketones is 1. The van der Waals surface area contributed by atoms with Crippen LogP contribution in [0.1, 0.15) is 28.8 Å². The van der Waals surface area contributed by atoms with Crippen molar-refractivity contribution in [3.05, 3.63) is 59.4 Å². The minimum absolute atomic E-state index is 0.0339. The third kappa shape index (κ3) is 6.69. The Labute approximate surface area is 196 Å². The van der Waals surface area contributed by atoms with E-state index in [4.69, 9.17) is 9.47 Å². The molecule has 3 rings (SSSR count). The first-order valence-corrected chi connectivity index (χ1v) is 12.0. The second kappa shape index (κ2) is 11.3. The summed E-state index contributed by atoms with van der Waals surface area (Å²) in [6.45, 7) is 2.23. The molecule has 1 N–H and O–H groups in total. The van der Waals surface area contributed by atoms with E-state index in [1.165, 1.54) is 28.6 Å². The standard InChI is InChI=1S/C23H25FN2O7S/c1-16-2-7-19(34(30,31)26-10-12-32-13-11-26)14-20(16)25-22(28)15-33-23(29)9-8-21(27)17-3-5-18(24)6-4-17/h2-7,14H,8-13,15H2,1H3,(H,25,28). The molecule has 0 aliphatic carbocycles. The molecular formula is C23H25FN2O7S. The van der Waals surface area contributed by atoms with Crippen molar-refractivity contribution in [1.82, 2.24) is 4.31 Å². The predicted molar refractivity (Wildman–Crippen MR) is 120 cm³/mol. The van der Waals surface area contributed by atoms with Crippen LogP contribution in [0.3, 0.4) is 0 Å². The zero-order valence-electron chi connectivity index (χ0n) is 18.6. The molecule has 0 radical (unpaired) electrons. The number of anilines is 1. The minimum Gasteiger partial charge on any atom is -0.456 e. The minimum atomic E-state index is -3.74. The molecule has 1 saturated heterocycles. The Hall–Kier alpha value is -3.15. The van der Waals surface area contributed by atoms with E-state index in [1.807, 2.05) is 0 Å². The van der Waals surface area contributed by atoms with Crippen molar-refractivity contribution in [2.45, 2.75) is 24.7 Å². The van der Waals surface area contributed by atoms with Gasteiger partial charge in [-0.3, -0.25) is 14.4 Å². The van der Waals surface area contributed by atoms with Gasteiger partial charge in [-0.15, -0.1) is 0 Å². The van der Waals surface area contributed by atoms with Crippen molar-refractivity contribution < 1.29 is 36.7 Å². The normalized spacial score (nSPS) is 14.4. The molecule has 0 atom stereocenters. The van der Waals surface area contributed by atoms with Gasteiger partial charge in [0.2, 0.25) is 10.0 Å². The predicted octanol–water partition coefficient (Wildman–Crippen LogP) is 2.30. The van der Waals surface area contributed by atoms with Crippen LogP contribution >= 0.6 is 0 Å². The summed E-state index contributed by atoms with van der Waals surface area (Å²) in [5.41, 5.74) is 1.18. The van der Waals surface area contributed by atoms with Crippen LogP contribution in [-0.4, -0.2) is 63.3 Å². The number of carbonyl (C=O) groups is 3. The van der Waals surface area contributed by atoms with Gasteiger partial charge in [0.1, 0.15) is 5.82 Å². The first kappa shape index (κ1) is 25.5. The molecule has 2 aromatic carbocycles. The maximum absolute atomic E-state index is 12.9. The van der Waals surface area contributed by atoms with Crippen molar-refractivity contribution >= 4 is 33.4 Å². The number of aryl methyl sites for hydroxylation is 1. The highest BCUT2D eigenvalue weighted by Gasteiger charge is 2.27. The van der Waals surface area contributed by atoms with E-state index < -0.39 is 34.3 Å². The Morgan fingerprint density at radius 1 is 1.06 bits per heavy atom. The first-order chi connectivity index (χ1) is 16.2. The average Bonchev–Trinajstić information content (AvgIpc) is 2.83. The van der Waals surface area contributed by atoms with E-state index in [0.29, 0.717) is 18.8 Å². The maximum Gasteiger partial charge on any atom is 0.306 e. The topological polar surface area (TPSA) is 119 Å². The van der Waals surface area contributed by atoms with Crippen LogP contribution in [0.4, 0.5) is 10.1 Å². The van der Waals surface area contributed by atoms with E-state index in [2.05, 4.69) is 5.32 Å². The van der Waals surface area contributed by atoms with E-state index >= 15 is 0 Å². The molecular weight excluding hydrogens is 467 g/mol. The SMILES string of the molecule is Cc1ccc(S(=O)(=O)N2CCOCC2)cc1NC(=O)COC(=O)CCC(=O)c1ccc(F)cc1. The van der Waals surface area contributed by atoms with Gasteiger partial charge < -0.3 is 14.8 Å². The molecule has 182 valence electrons. The molecule has 0 unspecified atom stereocenters. The van der Waals surface area contributed by atoms with Crippen LogP contribution in [-0.2, 0) is 29.1 Å². The molecule has 0 bridgehead atoms. The molecule has 1 amide bonds. The zero-order valence-corrected chi connectivity index (χ0v) is 19.4. The molecule has 9 nitrogen and oxygen atoms in total. The Morgan fingerprint density at radius 3 is 2.41 bits per heavy atom. The molecule has 0 aromatic heterocycles. The zero-order chi connectivity index (χ0) is 24.7. The molecule has 34 heavy (non-hydrogen) atoms. The van der Waals surface area contributed by atoms with Crippen LogP contribution in [0, 0.1) is 12.7 Å². The Morgan fingerprint density at radius 2 is 1.74 bits per heavy atom. The van der Waals surface area contributed by atoms with Gasteiger partial charge in [-0.1, -0.05) is 6.07 Å². The lowest BCUT2D eigenvalue weighted by Crippen LogP contribution is -2.40. The number of carbonyl (C=O) groups excluding carboxylic acids is 3. The molecule has 1 fully saturated rings. The molecule has 11 heteroatoms. The number of halogens is 1. The van der Waals surface area contributed by atoms with Crippen molar-refractivity contribution in [2.75, 3.05) is 38.2 Å². The summed E-state index contributed by atoms with van der Waals surface area (Å²) >= 11 is 0. The Kier molecular flexibility index (Phi) is 8.48. The van der Waals surface area contributed by atoms with Crippen molar-refractivity contribution in [3.63, 3.8) is 0 Å². The van der Waals surface area contributed by atoms with E-state index in [-0.39, 0.29) is 47.9 Å². The Bertz CT molecular complexity index is 1160. The van der Waals surface area contributed by atoms with Gasteiger partial charge in [-0.05, 0) is 48.9 Å². The smallest absolute Gasteiger partial charge is 0.306 e. The fourth-order valence-corrected chi connectivity index (χ4v) is 4.67. The van der Waals surface area contributed by atoms with Crippen LogP contribution in [0.25, 0.3) is 0 Å². The molecule has 0 saturated carbocycles. The van der Waals surface area contributed by atoms with Crippen molar-refractivity contribution in [1.29, 1.82) is 0 Å². The fraction of sp³-hybridized carbons (Fsp3) is 0.348. The number of amides is 1. The van der Waals surface area contributed by atoms with Gasteiger partial charge in [-0.25, -0.2) is 12.8 Å². The van der Waals surface area contributed by atoms with Crippen LogP contribution in [0.2, 0.25) is 0 Å². The summed E-state index contributed by atoms with van der Waals surface area (Å²) in [7, 11) is -3.74. The number of sulfonamides is 1.